The zero-order valence-electron chi connectivity index (χ0n) is 23.7. The molecule has 5 fully saturated rings. The fourth-order valence-corrected chi connectivity index (χ4v) is 7.25. The standard InChI is InChI=1S/C29H41F2N5O6/c30-21-2-1-17(9-22(21)31)12-34-14-20-15-35(7-8-41-20)29(40)23-10-18(13-36(23)19-3-5-32-6-4-19)33-26(37)11-24-27(38)28(39)25(16-34)42-24/h1-2,9,18-20,23-25,27-28,32,38-39H,3-8,10-16H2,(H,33,37)/t18-,20+,23-,24-,25+,27-,28+/m0/s1. The van der Waals surface area contributed by atoms with Crippen molar-refractivity contribution in [2.24, 2.45) is 0 Å². The summed E-state index contributed by atoms with van der Waals surface area (Å²) in [5.41, 5.74) is 0.519. The number of halogens is 2. The van der Waals surface area contributed by atoms with Crippen molar-refractivity contribution in [2.75, 3.05) is 52.4 Å². The van der Waals surface area contributed by atoms with E-state index in [9.17, 15) is 28.6 Å². The van der Waals surface area contributed by atoms with Gasteiger partial charge in [-0.15, -0.1) is 0 Å². The van der Waals surface area contributed by atoms with Gasteiger partial charge in [0, 0.05) is 51.4 Å². The van der Waals surface area contributed by atoms with E-state index in [1.807, 2.05) is 9.80 Å². The average Bonchev–Trinajstić information content (AvgIpc) is 3.51. The topological polar surface area (TPSA) is 127 Å². The second-order valence-electron chi connectivity index (χ2n) is 12.3. The molecule has 42 heavy (non-hydrogen) atoms. The monoisotopic (exact) mass is 593 g/mol. The third-order valence-electron chi connectivity index (χ3n) is 9.36. The van der Waals surface area contributed by atoms with Crippen LogP contribution in [0.2, 0.25) is 0 Å². The second kappa shape index (κ2) is 12.8. The van der Waals surface area contributed by atoms with Crippen molar-refractivity contribution in [3.05, 3.63) is 35.4 Å². The molecule has 0 saturated carbocycles. The molecule has 232 valence electrons. The van der Waals surface area contributed by atoms with Crippen LogP contribution in [0.25, 0.3) is 0 Å². The molecule has 6 rings (SSSR count). The summed E-state index contributed by atoms with van der Waals surface area (Å²) in [6, 6.07) is 3.37. The number of carbonyl (C=O) groups excluding carboxylic acids is 2. The number of aliphatic hydroxyl groups excluding tert-OH is 2. The zero-order valence-corrected chi connectivity index (χ0v) is 23.7. The van der Waals surface area contributed by atoms with Crippen LogP contribution in [0.3, 0.4) is 0 Å². The van der Waals surface area contributed by atoms with Gasteiger partial charge >= 0.3 is 0 Å². The fourth-order valence-electron chi connectivity index (χ4n) is 7.25. The lowest BCUT2D eigenvalue weighted by atomic mass is 10.0. The average molecular weight is 594 g/mol. The van der Waals surface area contributed by atoms with E-state index in [0.29, 0.717) is 44.8 Å². The Morgan fingerprint density at radius 1 is 0.976 bits per heavy atom. The normalized spacial score (nSPS) is 35.9. The Morgan fingerprint density at radius 3 is 2.55 bits per heavy atom. The van der Waals surface area contributed by atoms with E-state index in [-0.39, 0.29) is 55.6 Å². The highest BCUT2D eigenvalue weighted by atomic mass is 19.2. The Hall–Kier alpha value is -2.26. The van der Waals surface area contributed by atoms with E-state index >= 15 is 0 Å². The number of ether oxygens (including phenoxy) is 2. The molecule has 4 N–H and O–H groups in total. The van der Waals surface area contributed by atoms with Crippen molar-refractivity contribution in [3.8, 4) is 0 Å². The molecule has 1 aromatic carbocycles. The van der Waals surface area contributed by atoms with Gasteiger partial charge in [0.1, 0.15) is 12.2 Å². The third kappa shape index (κ3) is 6.47. The molecule has 2 amide bonds. The number of carbonyl (C=O) groups is 2. The number of fused-ring (bicyclic) bond motifs is 6. The summed E-state index contributed by atoms with van der Waals surface area (Å²) >= 11 is 0. The van der Waals surface area contributed by atoms with Crippen LogP contribution in [0, 0.1) is 11.6 Å². The predicted molar refractivity (Wildman–Crippen MR) is 146 cm³/mol. The first-order chi connectivity index (χ1) is 20.2. The maximum atomic E-state index is 14.0. The van der Waals surface area contributed by atoms with Crippen molar-refractivity contribution in [1.29, 1.82) is 0 Å². The van der Waals surface area contributed by atoms with Gasteiger partial charge in [-0.1, -0.05) is 6.07 Å². The number of likely N-dealkylation sites (tertiary alicyclic amines) is 1. The lowest BCUT2D eigenvalue weighted by molar-refractivity contribution is -0.145. The molecule has 0 spiro atoms. The van der Waals surface area contributed by atoms with Gasteiger partial charge in [-0.25, -0.2) is 8.78 Å². The van der Waals surface area contributed by atoms with Crippen LogP contribution in [0.1, 0.15) is 31.2 Å². The van der Waals surface area contributed by atoms with Crippen LogP contribution in [-0.4, -0.2) is 138 Å². The summed E-state index contributed by atoms with van der Waals surface area (Å²) < 4.78 is 39.7. The van der Waals surface area contributed by atoms with Crippen molar-refractivity contribution >= 4 is 11.8 Å². The van der Waals surface area contributed by atoms with Crippen molar-refractivity contribution < 1.29 is 38.1 Å². The maximum Gasteiger partial charge on any atom is 0.240 e. The molecule has 6 bridgehead atoms. The molecule has 1 aromatic rings. The molecule has 13 heteroatoms. The first kappa shape index (κ1) is 29.8. The Labute approximate surface area is 244 Å². The van der Waals surface area contributed by atoms with E-state index in [0.717, 1.165) is 38.1 Å². The Kier molecular flexibility index (Phi) is 9.06. The highest BCUT2D eigenvalue weighted by Crippen LogP contribution is 2.29. The van der Waals surface area contributed by atoms with Crippen LogP contribution in [0.4, 0.5) is 8.78 Å². The van der Waals surface area contributed by atoms with Gasteiger partial charge in [0.15, 0.2) is 11.6 Å². The van der Waals surface area contributed by atoms with E-state index in [4.69, 9.17) is 9.47 Å². The minimum Gasteiger partial charge on any atom is -0.388 e. The molecule has 5 aliphatic rings. The van der Waals surface area contributed by atoms with E-state index in [1.54, 1.807) is 0 Å². The molecule has 0 radical (unpaired) electrons. The fraction of sp³-hybridized carbons (Fsp3) is 0.724. The second-order valence-corrected chi connectivity index (χ2v) is 12.3. The third-order valence-corrected chi connectivity index (χ3v) is 9.36. The summed E-state index contributed by atoms with van der Waals surface area (Å²) in [5, 5.41) is 28.1. The summed E-state index contributed by atoms with van der Waals surface area (Å²) in [7, 11) is 0. The minimum absolute atomic E-state index is 0.0343. The van der Waals surface area contributed by atoms with Gasteiger partial charge < -0.3 is 35.2 Å². The van der Waals surface area contributed by atoms with Gasteiger partial charge in [0.25, 0.3) is 0 Å². The Balaban J connectivity index is 1.27. The van der Waals surface area contributed by atoms with Gasteiger partial charge in [0.05, 0.1) is 37.4 Å². The summed E-state index contributed by atoms with van der Waals surface area (Å²) in [6.45, 7) is 4.21. The van der Waals surface area contributed by atoms with Crippen molar-refractivity contribution in [3.63, 3.8) is 0 Å². The number of hydrogen-bond acceptors (Lipinski definition) is 9. The number of hydrogen-bond donors (Lipinski definition) is 4. The highest BCUT2D eigenvalue weighted by molar-refractivity contribution is 5.83. The number of benzene rings is 1. The minimum atomic E-state index is -1.26. The zero-order chi connectivity index (χ0) is 29.4. The summed E-state index contributed by atoms with van der Waals surface area (Å²) in [6.07, 6.45) is -2.34. The molecular formula is C29H41F2N5O6. The van der Waals surface area contributed by atoms with Crippen LogP contribution in [0.5, 0.6) is 0 Å². The molecule has 0 unspecified atom stereocenters. The van der Waals surface area contributed by atoms with Crippen LogP contribution < -0.4 is 10.6 Å². The molecule has 5 saturated heterocycles. The van der Waals surface area contributed by atoms with Gasteiger partial charge in [-0.3, -0.25) is 19.4 Å². The molecule has 5 heterocycles. The highest BCUT2D eigenvalue weighted by Gasteiger charge is 2.47. The van der Waals surface area contributed by atoms with Gasteiger partial charge in [0.2, 0.25) is 11.8 Å². The summed E-state index contributed by atoms with van der Waals surface area (Å²) in [5.74, 6) is -2.16. The first-order valence-corrected chi connectivity index (χ1v) is 15.1. The number of nitrogens with zero attached hydrogens (tertiary/aromatic N) is 3. The number of morpholine rings is 1. The predicted octanol–water partition coefficient (Wildman–Crippen LogP) is -0.802. The SMILES string of the molecule is O=C1C[C@@H]2O[C@H](CN(Cc3ccc(F)c(F)c3)C[C@@H]3CN(CCO3)C(=O)[C@@H]3C[C@@H](CN3C3CCNCC3)N1)[C@@H](O)[C@H]2O. The lowest BCUT2D eigenvalue weighted by Crippen LogP contribution is -2.56. The largest absolute Gasteiger partial charge is 0.388 e. The Bertz CT molecular complexity index is 1140. The van der Waals surface area contributed by atoms with Gasteiger partial charge in [-0.05, 0) is 50.0 Å². The summed E-state index contributed by atoms with van der Waals surface area (Å²) in [4.78, 5) is 33.1. The van der Waals surface area contributed by atoms with Gasteiger partial charge in [-0.2, -0.15) is 0 Å². The molecule has 0 aliphatic carbocycles. The first-order valence-electron chi connectivity index (χ1n) is 15.1. The quantitative estimate of drug-likeness (QED) is 0.356. The molecular weight excluding hydrogens is 552 g/mol. The van der Waals surface area contributed by atoms with E-state index < -0.39 is 36.1 Å². The number of piperidine rings is 1. The molecule has 0 aromatic heterocycles. The van der Waals surface area contributed by atoms with Crippen LogP contribution >= 0.6 is 0 Å². The van der Waals surface area contributed by atoms with Crippen molar-refractivity contribution in [1.82, 2.24) is 25.3 Å². The van der Waals surface area contributed by atoms with Crippen LogP contribution in [-0.2, 0) is 25.6 Å². The lowest BCUT2D eigenvalue weighted by Gasteiger charge is -2.40. The number of rotatable bonds is 3. The van der Waals surface area contributed by atoms with E-state index in [1.165, 1.54) is 6.07 Å². The maximum absolute atomic E-state index is 14.0. The molecule has 5 aliphatic heterocycles. The number of nitrogens with one attached hydrogen (secondary N) is 2. The van der Waals surface area contributed by atoms with E-state index in [2.05, 4.69) is 15.5 Å². The number of aliphatic hydroxyl groups is 2. The number of amides is 2. The van der Waals surface area contributed by atoms with Crippen LogP contribution in [0.15, 0.2) is 18.2 Å². The molecule has 7 atom stereocenters. The smallest absolute Gasteiger partial charge is 0.240 e. The van der Waals surface area contributed by atoms with Crippen molar-refractivity contribution in [2.45, 2.75) is 80.9 Å². The Morgan fingerprint density at radius 2 is 1.76 bits per heavy atom. The molecule has 11 nitrogen and oxygen atoms in total.